The van der Waals surface area contributed by atoms with Crippen LogP contribution in [0.25, 0.3) is 0 Å². The average Bonchev–Trinajstić information content (AvgIpc) is 2.31. The van der Waals surface area contributed by atoms with Gasteiger partial charge >= 0.3 is 0 Å². The quantitative estimate of drug-likeness (QED) is 0.667. The number of hydrogen-bond acceptors (Lipinski definition) is 1. The van der Waals surface area contributed by atoms with Crippen molar-refractivity contribution in [1.29, 1.82) is 0 Å². The minimum atomic E-state index is 1.08. The first-order valence-corrected chi connectivity index (χ1v) is 5.03. The van der Waals surface area contributed by atoms with E-state index < -0.39 is 0 Å². The van der Waals surface area contributed by atoms with E-state index in [0.717, 1.165) is 11.4 Å². The van der Waals surface area contributed by atoms with Crippen molar-refractivity contribution >= 4 is 5.69 Å². The van der Waals surface area contributed by atoms with E-state index in [2.05, 4.69) is 23.6 Å². The molecule has 0 aliphatic heterocycles. The topological polar surface area (TPSA) is 3.24 Å². The molecule has 1 rings (SSSR count). The van der Waals surface area contributed by atoms with Gasteiger partial charge in [0.05, 0.1) is 0 Å². The number of hydrogen-bond donors (Lipinski definition) is 0. The van der Waals surface area contributed by atoms with Crippen molar-refractivity contribution in [2.24, 2.45) is 0 Å². The molecule has 1 aromatic carbocycles. The van der Waals surface area contributed by atoms with Gasteiger partial charge in [0.15, 0.2) is 0 Å². The lowest BCUT2D eigenvalue weighted by Crippen LogP contribution is -2.14. The Hall–Kier alpha value is -1.76. The highest BCUT2D eigenvalue weighted by atomic mass is 15.1. The van der Waals surface area contributed by atoms with Gasteiger partial charge in [-0.1, -0.05) is 36.9 Å². The van der Waals surface area contributed by atoms with Crippen LogP contribution in [0, 0.1) is 0 Å². The lowest BCUT2D eigenvalue weighted by Gasteiger charge is -2.19. The molecular formula is C14H17N. The van der Waals surface area contributed by atoms with Gasteiger partial charge in [0.25, 0.3) is 0 Å². The molecule has 0 amide bonds. The molecule has 1 heteroatoms. The van der Waals surface area contributed by atoms with E-state index in [4.69, 9.17) is 0 Å². The van der Waals surface area contributed by atoms with Crippen molar-refractivity contribution in [3.8, 4) is 0 Å². The maximum Gasteiger partial charge on any atom is 0.0408 e. The van der Waals surface area contributed by atoms with Crippen LogP contribution in [0.4, 0.5) is 5.69 Å². The zero-order valence-corrected chi connectivity index (χ0v) is 9.35. The van der Waals surface area contributed by atoms with Crippen LogP contribution >= 0.6 is 0 Å². The summed E-state index contributed by atoms with van der Waals surface area (Å²) in [6.07, 6.45) is 7.91. The van der Waals surface area contributed by atoms with Crippen molar-refractivity contribution in [3.63, 3.8) is 0 Å². The predicted octanol–water partition coefficient (Wildman–Crippen LogP) is 3.77. The van der Waals surface area contributed by atoms with Gasteiger partial charge in [-0.15, -0.1) is 0 Å². The van der Waals surface area contributed by atoms with Crippen LogP contribution in [-0.2, 0) is 0 Å². The molecule has 0 unspecified atom stereocenters. The molecule has 78 valence electrons. The number of nitrogens with zero attached hydrogens (tertiary/aromatic N) is 1. The van der Waals surface area contributed by atoms with Gasteiger partial charge in [0.1, 0.15) is 0 Å². The second kappa shape index (κ2) is 5.86. The van der Waals surface area contributed by atoms with E-state index in [1.54, 1.807) is 0 Å². The highest BCUT2D eigenvalue weighted by molar-refractivity contribution is 5.53. The second-order valence-electron chi connectivity index (χ2n) is 3.22. The average molecular weight is 199 g/mol. The van der Waals surface area contributed by atoms with Crippen LogP contribution in [0.1, 0.15) is 6.92 Å². The minimum absolute atomic E-state index is 1.08. The summed E-state index contributed by atoms with van der Waals surface area (Å²) < 4.78 is 0. The molecule has 0 N–H and O–H groups in total. The van der Waals surface area contributed by atoms with Crippen LogP contribution in [0.2, 0.25) is 0 Å². The third-order valence-corrected chi connectivity index (χ3v) is 2.20. The lowest BCUT2D eigenvalue weighted by atomic mass is 10.2. The van der Waals surface area contributed by atoms with Crippen molar-refractivity contribution in [2.75, 3.05) is 11.9 Å². The Morgan fingerprint density at radius 2 is 1.93 bits per heavy atom. The van der Waals surface area contributed by atoms with E-state index >= 15 is 0 Å². The molecule has 1 aromatic rings. The zero-order chi connectivity index (χ0) is 11.1. The van der Waals surface area contributed by atoms with Crippen LogP contribution in [0.15, 0.2) is 66.9 Å². The fraction of sp³-hybridized carbons (Fsp3) is 0.143. The summed E-state index contributed by atoms with van der Waals surface area (Å²) in [7, 11) is 2.03. The zero-order valence-electron chi connectivity index (χ0n) is 9.35. The summed E-state index contributed by atoms with van der Waals surface area (Å²) in [5.74, 6) is 0. The summed E-state index contributed by atoms with van der Waals surface area (Å²) in [4.78, 5) is 2.10. The van der Waals surface area contributed by atoms with Crippen LogP contribution < -0.4 is 4.90 Å². The first-order chi connectivity index (χ1) is 7.29. The smallest absolute Gasteiger partial charge is 0.0408 e. The predicted molar refractivity (Wildman–Crippen MR) is 67.9 cm³/mol. The van der Waals surface area contributed by atoms with E-state index in [1.165, 1.54) is 0 Å². The number of anilines is 1. The second-order valence-corrected chi connectivity index (χ2v) is 3.22. The Morgan fingerprint density at radius 1 is 1.27 bits per heavy atom. The molecule has 0 fully saturated rings. The number of allylic oxidation sites excluding steroid dienone is 4. The van der Waals surface area contributed by atoms with Gasteiger partial charge in [-0.05, 0) is 31.2 Å². The monoisotopic (exact) mass is 199 g/mol. The van der Waals surface area contributed by atoms with Crippen LogP contribution in [0.3, 0.4) is 0 Å². The first-order valence-electron chi connectivity index (χ1n) is 5.03. The molecule has 0 saturated heterocycles. The molecule has 0 heterocycles. The number of benzene rings is 1. The Labute approximate surface area is 92.0 Å². The molecule has 0 saturated carbocycles. The third-order valence-electron chi connectivity index (χ3n) is 2.20. The lowest BCUT2D eigenvalue weighted by molar-refractivity contribution is 1.14. The fourth-order valence-electron chi connectivity index (χ4n) is 1.31. The van der Waals surface area contributed by atoms with Crippen molar-refractivity contribution in [3.05, 3.63) is 66.9 Å². The van der Waals surface area contributed by atoms with Gasteiger partial charge in [-0.3, -0.25) is 0 Å². The summed E-state index contributed by atoms with van der Waals surface area (Å²) in [6, 6.07) is 10.2. The maximum atomic E-state index is 3.82. The normalized spacial score (nSPS) is 11.7. The molecule has 1 nitrogen and oxygen atoms in total. The molecule has 15 heavy (non-hydrogen) atoms. The fourth-order valence-corrected chi connectivity index (χ4v) is 1.31. The summed E-state index contributed by atoms with van der Waals surface area (Å²) >= 11 is 0. The van der Waals surface area contributed by atoms with Crippen molar-refractivity contribution in [1.82, 2.24) is 0 Å². The number of likely N-dealkylation sites (N-methyl/N-ethyl adjacent to an activating group) is 1. The summed E-state index contributed by atoms with van der Waals surface area (Å²) in [5.41, 5.74) is 2.24. The SMILES string of the molecule is C=CC(=CC=CC)N(C)c1ccccc1. The Bertz CT molecular complexity index is 360. The Morgan fingerprint density at radius 3 is 2.47 bits per heavy atom. The van der Waals surface area contributed by atoms with E-state index in [-0.39, 0.29) is 0 Å². The van der Waals surface area contributed by atoms with Crippen molar-refractivity contribution < 1.29 is 0 Å². The number of para-hydroxylation sites is 1. The van der Waals surface area contributed by atoms with E-state index in [0.29, 0.717) is 0 Å². The largest absolute Gasteiger partial charge is 0.345 e. The molecular weight excluding hydrogens is 182 g/mol. The van der Waals surface area contributed by atoms with E-state index in [1.807, 2.05) is 56.5 Å². The molecule has 0 spiro atoms. The molecule has 0 aromatic heterocycles. The Kier molecular flexibility index (Phi) is 4.42. The molecule has 0 aliphatic rings. The minimum Gasteiger partial charge on any atom is -0.345 e. The molecule has 0 aliphatic carbocycles. The van der Waals surface area contributed by atoms with Gasteiger partial charge in [0.2, 0.25) is 0 Å². The van der Waals surface area contributed by atoms with E-state index in [9.17, 15) is 0 Å². The first kappa shape index (κ1) is 11.3. The summed E-state index contributed by atoms with van der Waals surface area (Å²) in [5, 5.41) is 0. The molecule has 0 bridgehead atoms. The van der Waals surface area contributed by atoms with Crippen LogP contribution in [0.5, 0.6) is 0 Å². The molecule has 0 atom stereocenters. The third kappa shape index (κ3) is 3.13. The number of rotatable bonds is 4. The summed E-state index contributed by atoms with van der Waals surface area (Å²) in [6.45, 7) is 5.82. The van der Waals surface area contributed by atoms with Crippen molar-refractivity contribution in [2.45, 2.75) is 6.92 Å². The van der Waals surface area contributed by atoms with Gasteiger partial charge in [-0.25, -0.2) is 0 Å². The highest BCUT2D eigenvalue weighted by Gasteiger charge is 2.01. The highest BCUT2D eigenvalue weighted by Crippen LogP contribution is 2.16. The van der Waals surface area contributed by atoms with Crippen LogP contribution in [-0.4, -0.2) is 7.05 Å². The van der Waals surface area contributed by atoms with Gasteiger partial charge < -0.3 is 4.90 Å². The van der Waals surface area contributed by atoms with Gasteiger partial charge in [0, 0.05) is 18.4 Å². The Balaban J connectivity index is 2.92. The maximum absolute atomic E-state index is 3.82. The molecule has 0 radical (unpaired) electrons. The van der Waals surface area contributed by atoms with Gasteiger partial charge in [-0.2, -0.15) is 0 Å². The standard InChI is InChI=1S/C14H17N/c1-4-6-10-13(5-2)15(3)14-11-8-7-9-12-14/h4-12H,2H2,1,3H3.